The van der Waals surface area contributed by atoms with Gasteiger partial charge in [-0.25, -0.2) is 0 Å². The van der Waals surface area contributed by atoms with E-state index in [0.717, 1.165) is 10.4 Å². The molecule has 0 aliphatic rings. The fourth-order valence-corrected chi connectivity index (χ4v) is 4.48. The molecule has 0 spiro atoms. The Morgan fingerprint density at radius 1 is 1.11 bits per heavy atom. The number of hydrogen-bond donors (Lipinski definition) is 0. The molecule has 1 aromatic carbocycles. The van der Waals surface area contributed by atoms with Crippen LogP contribution in [0.2, 0.25) is 5.02 Å². The van der Waals surface area contributed by atoms with Crippen LogP contribution in [0.1, 0.15) is 5.76 Å². The second-order valence-electron chi connectivity index (χ2n) is 5.70. The van der Waals surface area contributed by atoms with Crippen molar-refractivity contribution in [1.29, 1.82) is 0 Å². The number of halogens is 1. The number of hydrogen-bond acceptors (Lipinski definition) is 6. The van der Waals surface area contributed by atoms with E-state index in [1.165, 1.54) is 27.2 Å². The average Bonchev–Trinajstić information content (AvgIpc) is 3.43. The number of furan rings is 1. The van der Waals surface area contributed by atoms with Crippen LogP contribution in [-0.4, -0.2) is 14.6 Å². The topological polar surface area (TPSA) is 60.4 Å². The zero-order chi connectivity index (χ0) is 18.4. The van der Waals surface area contributed by atoms with Gasteiger partial charge in [0.1, 0.15) is 16.1 Å². The van der Waals surface area contributed by atoms with Gasteiger partial charge in [0.05, 0.1) is 9.90 Å². The van der Waals surface area contributed by atoms with Gasteiger partial charge in [0, 0.05) is 11.6 Å². The van der Waals surface area contributed by atoms with Gasteiger partial charge in [-0.1, -0.05) is 41.1 Å². The summed E-state index contributed by atoms with van der Waals surface area (Å²) in [5, 5.41) is 6.89. The first-order valence-electron chi connectivity index (χ1n) is 7.99. The minimum atomic E-state index is -0.207. The molecule has 5 rings (SSSR count). The maximum atomic E-state index is 12.6. The Labute approximate surface area is 165 Å². The van der Waals surface area contributed by atoms with Gasteiger partial charge in [0.25, 0.3) is 5.56 Å². The van der Waals surface area contributed by atoms with Crippen LogP contribution in [-0.2, 0) is 0 Å². The Bertz CT molecular complexity index is 1370. The fourth-order valence-electron chi connectivity index (χ4n) is 2.71. The molecule has 0 amide bonds. The molecule has 0 aliphatic heterocycles. The summed E-state index contributed by atoms with van der Waals surface area (Å²) in [6.45, 7) is 0. The summed E-state index contributed by atoms with van der Waals surface area (Å²) in [5.74, 6) is 1.79. The standard InChI is InChI=1S/C19H10ClN3O2S2/c20-13-5-2-1-4-12(13)14-8-7-11(25-14)10-16-18(24)23-19(27-16)21-17(22-23)15-6-3-9-26-15/h1-10H. The number of thiazole rings is 1. The molecule has 8 heteroatoms. The fraction of sp³-hybridized carbons (Fsp3) is 0. The number of fused-ring (bicyclic) bond motifs is 1. The van der Waals surface area contributed by atoms with Crippen molar-refractivity contribution in [1.82, 2.24) is 14.6 Å². The van der Waals surface area contributed by atoms with Gasteiger partial charge >= 0.3 is 0 Å². The lowest BCUT2D eigenvalue weighted by atomic mass is 10.2. The largest absolute Gasteiger partial charge is 0.457 e. The van der Waals surface area contributed by atoms with Crippen LogP contribution in [0.15, 0.2) is 63.1 Å². The maximum Gasteiger partial charge on any atom is 0.291 e. The molecule has 27 heavy (non-hydrogen) atoms. The predicted octanol–water partition coefficient (Wildman–Crippen LogP) is 4.34. The van der Waals surface area contributed by atoms with E-state index in [9.17, 15) is 4.79 Å². The van der Waals surface area contributed by atoms with Crippen molar-refractivity contribution in [3.63, 3.8) is 0 Å². The van der Waals surface area contributed by atoms with E-state index in [2.05, 4.69) is 10.1 Å². The van der Waals surface area contributed by atoms with Crippen molar-refractivity contribution in [3.8, 4) is 22.0 Å². The highest BCUT2D eigenvalue weighted by atomic mass is 35.5. The summed E-state index contributed by atoms with van der Waals surface area (Å²) >= 11 is 9.04. The molecule has 0 bridgehead atoms. The summed E-state index contributed by atoms with van der Waals surface area (Å²) in [6.07, 6.45) is 1.70. The number of aromatic nitrogens is 3. The molecule has 0 atom stereocenters. The summed E-state index contributed by atoms with van der Waals surface area (Å²) in [4.78, 5) is 18.6. The SMILES string of the molecule is O=c1c(=Cc2ccc(-c3ccccc3Cl)o2)sc2nc(-c3cccs3)nn12. The third-order valence-corrected chi connectivity index (χ3v) is 6.12. The molecule has 4 aromatic heterocycles. The van der Waals surface area contributed by atoms with E-state index >= 15 is 0 Å². The molecule has 0 fully saturated rings. The molecule has 0 N–H and O–H groups in total. The highest BCUT2D eigenvalue weighted by Crippen LogP contribution is 2.29. The van der Waals surface area contributed by atoms with Gasteiger partial charge in [-0.3, -0.25) is 4.79 Å². The normalized spacial score (nSPS) is 12.3. The van der Waals surface area contributed by atoms with Crippen molar-refractivity contribution in [2.24, 2.45) is 0 Å². The Morgan fingerprint density at radius 2 is 2.00 bits per heavy atom. The summed E-state index contributed by atoms with van der Waals surface area (Å²) in [6, 6.07) is 15.0. The van der Waals surface area contributed by atoms with E-state index in [1.807, 2.05) is 53.9 Å². The van der Waals surface area contributed by atoms with E-state index in [-0.39, 0.29) is 5.56 Å². The Hall–Kier alpha value is -2.74. The number of rotatable bonds is 3. The zero-order valence-electron chi connectivity index (χ0n) is 13.6. The van der Waals surface area contributed by atoms with Crippen LogP contribution in [0.4, 0.5) is 0 Å². The number of thiophene rings is 1. The van der Waals surface area contributed by atoms with Gasteiger partial charge in [0.15, 0.2) is 5.82 Å². The van der Waals surface area contributed by atoms with Crippen LogP contribution in [0.5, 0.6) is 0 Å². The molecule has 0 saturated heterocycles. The molecule has 4 heterocycles. The zero-order valence-corrected chi connectivity index (χ0v) is 16.0. The molecule has 0 saturated carbocycles. The lowest BCUT2D eigenvalue weighted by molar-refractivity contribution is 0.571. The highest BCUT2D eigenvalue weighted by Gasteiger charge is 2.13. The highest BCUT2D eigenvalue weighted by molar-refractivity contribution is 7.15. The van der Waals surface area contributed by atoms with Gasteiger partial charge in [-0.05, 0) is 35.7 Å². The summed E-state index contributed by atoms with van der Waals surface area (Å²) < 4.78 is 7.70. The van der Waals surface area contributed by atoms with Gasteiger partial charge in [-0.15, -0.1) is 16.4 Å². The molecule has 132 valence electrons. The smallest absolute Gasteiger partial charge is 0.291 e. The molecule has 5 aromatic rings. The minimum absolute atomic E-state index is 0.207. The van der Waals surface area contributed by atoms with Crippen LogP contribution in [0, 0.1) is 0 Å². The first kappa shape index (κ1) is 16.4. The van der Waals surface area contributed by atoms with Crippen molar-refractivity contribution < 1.29 is 4.42 Å². The Balaban J connectivity index is 1.55. The Kier molecular flexibility index (Phi) is 3.93. The van der Waals surface area contributed by atoms with Crippen LogP contribution < -0.4 is 10.1 Å². The molecular formula is C19H10ClN3O2S2. The van der Waals surface area contributed by atoms with Crippen molar-refractivity contribution in [2.45, 2.75) is 0 Å². The van der Waals surface area contributed by atoms with Crippen molar-refractivity contribution in [2.75, 3.05) is 0 Å². The van der Waals surface area contributed by atoms with E-state index in [0.29, 0.717) is 31.9 Å². The quantitative estimate of drug-likeness (QED) is 0.443. The molecule has 5 nitrogen and oxygen atoms in total. The van der Waals surface area contributed by atoms with E-state index in [1.54, 1.807) is 6.08 Å². The molecule has 0 radical (unpaired) electrons. The van der Waals surface area contributed by atoms with Crippen LogP contribution in [0.3, 0.4) is 0 Å². The minimum Gasteiger partial charge on any atom is -0.457 e. The van der Waals surface area contributed by atoms with Crippen LogP contribution in [0.25, 0.3) is 33.1 Å². The number of nitrogens with zero attached hydrogens (tertiary/aromatic N) is 3. The summed E-state index contributed by atoms with van der Waals surface area (Å²) in [5.41, 5.74) is 0.602. The lowest BCUT2D eigenvalue weighted by Gasteiger charge is -1.98. The van der Waals surface area contributed by atoms with Crippen molar-refractivity contribution >= 4 is 45.3 Å². The first-order valence-corrected chi connectivity index (χ1v) is 10.1. The monoisotopic (exact) mass is 411 g/mol. The second kappa shape index (κ2) is 6.45. The maximum absolute atomic E-state index is 12.6. The third-order valence-electron chi connectivity index (χ3n) is 3.96. The Morgan fingerprint density at radius 3 is 2.78 bits per heavy atom. The average molecular weight is 412 g/mol. The van der Waals surface area contributed by atoms with Gasteiger partial charge in [-0.2, -0.15) is 9.50 Å². The summed E-state index contributed by atoms with van der Waals surface area (Å²) in [7, 11) is 0. The number of benzene rings is 1. The van der Waals surface area contributed by atoms with Gasteiger partial charge < -0.3 is 4.42 Å². The first-order chi connectivity index (χ1) is 13.2. The second-order valence-corrected chi connectivity index (χ2v) is 8.07. The van der Waals surface area contributed by atoms with Crippen molar-refractivity contribution in [3.05, 3.63) is 79.6 Å². The molecular weight excluding hydrogens is 402 g/mol. The molecule has 0 aliphatic carbocycles. The third kappa shape index (κ3) is 2.90. The van der Waals surface area contributed by atoms with Gasteiger partial charge in [0.2, 0.25) is 4.96 Å². The molecule has 0 unspecified atom stereocenters. The predicted molar refractivity (Wildman–Crippen MR) is 108 cm³/mol. The lowest BCUT2D eigenvalue weighted by Crippen LogP contribution is -2.23. The van der Waals surface area contributed by atoms with E-state index < -0.39 is 0 Å². The van der Waals surface area contributed by atoms with E-state index in [4.69, 9.17) is 16.0 Å². The van der Waals surface area contributed by atoms with Crippen LogP contribution >= 0.6 is 34.3 Å².